The van der Waals surface area contributed by atoms with Crippen LogP contribution in [0.3, 0.4) is 0 Å². The van der Waals surface area contributed by atoms with Gasteiger partial charge in [-0.15, -0.1) is 0 Å². The van der Waals surface area contributed by atoms with E-state index in [1.54, 1.807) is 0 Å². The minimum absolute atomic E-state index is 0.397. The summed E-state index contributed by atoms with van der Waals surface area (Å²) in [4.78, 5) is 0. The third-order valence-corrected chi connectivity index (χ3v) is 3.87. The summed E-state index contributed by atoms with van der Waals surface area (Å²) < 4.78 is 0. The van der Waals surface area contributed by atoms with Gasteiger partial charge < -0.3 is 11.1 Å². The van der Waals surface area contributed by atoms with Crippen molar-refractivity contribution in [2.75, 3.05) is 19.6 Å². The minimum Gasteiger partial charge on any atom is -0.330 e. The highest BCUT2D eigenvalue weighted by atomic mass is 14.9. The molecule has 1 rings (SSSR count). The largest absolute Gasteiger partial charge is 0.330 e. The lowest BCUT2D eigenvalue weighted by atomic mass is 9.84. The molecule has 1 atom stereocenters. The molecule has 16 heavy (non-hydrogen) atoms. The highest BCUT2D eigenvalue weighted by molar-refractivity contribution is 4.93. The molecule has 0 radical (unpaired) electrons. The maximum atomic E-state index is 5.84. The van der Waals surface area contributed by atoms with Gasteiger partial charge in [0.2, 0.25) is 0 Å². The fourth-order valence-corrected chi connectivity index (χ4v) is 2.48. The molecule has 0 heterocycles. The molecule has 1 aliphatic carbocycles. The average Bonchev–Trinajstić information content (AvgIpc) is 2.95. The first kappa shape index (κ1) is 14.0. The minimum atomic E-state index is 0.397. The summed E-state index contributed by atoms with van der Waals surface area (Å²) >= 11 is 0. The Hall–Kier alpha value is -0.0800. The Balaban J connectivity index is 2.19. The maximum absolute atomic E-state index is 5.84. The van der Waals surface area contributed by atoms with Gasteiger partial charge in [0.25, 0.3) is 0 Å². The van der Waals surface area contributed by atoms with Gasteiger partial charge in [0, 0.05) is 6.54 Å². The van der Waals surface area contributed by atoms with Crippen LogP contribution in [-0.2, 0) is 0 Å². The SMILES string of the molecule is CCC1(CNCC(CN)CC(C)(C)C)CC1. The highest BCUT2D eigenvalue weighted by Crippen LogP contribution is 2.47. The summed E-state index contributed by atoms with van der Waals surface area (Å²) in [6, 6.07) is 0. The molecule has 96 valence electrons. The molecule has 1 aliphatic rings. The number of hydrogen-bond acceptors (Lipinski definition) is 2. The van der Waals surface area contributed by atoms with E-state index in [0.717, 1.165) is 13.1 Å². The van der Waals surface area contributed by atoms with E-state index in [2.05, 4.69) is 33.0 Å². The van der Waals surface area contributed by atoms with Crippen LogP contribution in [0, 0.1) is 16.7 Å². The molecule has 1 unspecified atom stereocenters. The Morgan fingerprint density at radius 1 is 1.31 bits per heavy atom. The van der Waals surface area contributed by atoms with E-state index in [1.165, 1.54) is 32.2 Å². The van der Waals surface area contributed by atoms with Gasteiger partial charge in [-0.25, -0.2) is 0 Å². The Kier molecular flexibility index (Phi) is 4.81. The van der Waals surface area contributed by atoms with Crippen LogP contribution in [0.1, 0.15) is 53.4 Å². The molecule has 0 aromatic rings. The summed E-state index contributed by atoms with van der Waals surface area (Å²) in [5.74, 6) is 0.632. The molecule has 3 N–H and O–H groups in total. The second-order valence-corrected chi connectivity index (χ2v) is 6.85. The van der Waals surface area contributed by atoms with Crippen molar-refractivity contribution >= 4 is 0 Å². The van der Waals surface area contributed by atoms with Crippen molar-refractivity contribution in [3.05, 3.63) is 0 Å². The van der Waals surface area contributed by atoms with E-state index >= 15 is 0 Å². The number of nitrogens with two attached hydrogens (primary N) is 1. The van der Waals surface area contributed by atoms with Crippen LogP contribution in [0.2, 0.25) is 0 Å². The molecule has 2 heteroatoms. The van der Waals surface area contributed by atoms with E-state index in [0.29, 0.717) is 16.7 Å². The zero-order chi connectivity index (χ0) is 12.2. The third kappa shape index (κ3) is 4.84. The van der Waals surface area contributed by atoms with E-state index < -0.39 is 0 Å². The first-order valence-electron chi connectivity index (χ1n) is 6.81. The summed E-state index contributed by atoms with van der Waals surface area (Å²) in [6.07, 6.45) is 5.38. The van der Waals surface area contributed by atoms with E-state index in [4.69, 9.17) is 5.73 Å². The van der Waals surface area contributed by atoms with Crippen molar-refractivity contribution in [3.63, 3.8) is 0 Å². The summed E-state index contributed by atoms with van der Waals surface area (Å²) in [5.41, 5.74) is 6.89. The fraction of sp³-hybridized carbons (Fsp3) is 1.00. The van der Waals surface area contributed by atoms with Crippen molar-refractivity contribution in [1.82, 2.24) is 5.32 Å². The Labute approximate surface area is 101 Å². The summed E-state index contributed by atoms with van der Waals surface area (Å²) in [7, 11) is 0. The molecule has 1 fully saturated rings. The summed E-state index contributed by atoms with van der Waals surface area (Å²) in [6.45, 7) is 12.3. The van der Waals surface area contributed by atoms with Gasteiger partial charge in [-0.1, -0.05) is 27.7 Å². The van der Waals surface area contributed by atoms with Gasteiger partial charge in [0.15, 0.2) is 0 Å². The van der Waals surface area contributed by atoms with Crippen LogP contribution in [0.4, 0.5) is 0 Å². The molecule has 0 aromatic heterocycles. The first-order valence-corrected chi connectivity index (χ1v) is 6.81. The van der Waals surface area contributed by atoms with Gasteiger partial charge >= 0.3 is 0 Å². The number of hydrogen-bond donors (Lipinski definition) is 2. The Bertz CT molecular complexity index is 201. The van der Waals surface area contributed by atoms with E-state index in [-0.39, 0.29) is 0 Å². The lowest BCUT2D eigenvalue weighted by Crippen LogP contribution is -2.34. The van der Waals surface area contributed by atoms with Gasteiger partial charge in [-0.3, -0.25) is 0 Å². The normalized spacial score (nSPS) is 20.8. The zero-order valence-electron chi connectivity index (χ0n) is 11.6. The van der Waals surface area contributed by atoms with Gasteiger partial charge in [0.05, 0.1) is 0 Å². The molecule has 0 amide bonds. The molecule has 0 aliphatic heterocycles. The van der Waals surface area contributed by atoms with Gasteiger partial charge in [-0.05, 0) is 55.5 Å². The highest BCUT2D eigenvalue weighted by Gasteiger charge is 2.39. The quantitative estimate of drug-likeness (QED) is 0.700. The van der Waals surface area contributed by atoms with E-state index in [1.807, 2.05) is 0 Å². The first-order chi connectivity index (χ1) is 7.41. The molecule has 1 saturated carbocycles. The lowest BCUT2D eigenvalue weighted by Gasteiger charge is -2.26. The van der Waals surface area contributed by atoms with Gasteiger partial charge in [0.1, 0.15) is 0 Å². The fourth-order valence-electron chi connectivity index (χ4n) is 2.48. The van der Waals surface area contributed by atoms with Crippen LogP contribution in [0.5, 0.6) is 0 Å². The van der Waals surface area contributed by atoms with Crippen LogP contribution >= 0.6 is 0 Å². The Morgan fingerprint density at radius 2 is 1.94 bits per heavy atom. The molecule has 2 nitrogen and oxygen atoms in total. The predicted molar refractivity (Wildman–Crippen MR) is 71.4 cm³/mol. The van der Waals surface area contributed by atoms with Crippen molar-refractivity contribution < 1.29 is 0 Å². The molecule has 0 bridgehead atoms. The lowest BCUT2D eigenvalue weighted by molar-refractivity contribution is 0.284. The second-order valence-electron chi connectivity index (χ2n) is 6.85. The predicted octanol–water partition coefficient (Wildman–Crippen LogP) is 2.78. The Morgan fingerprint density at radius 3 is 2.31 bits per heavy atom. The zero-order valence-corrected chi connectivity index (χ0v) is 11.6. The molecular formula is C14H30N2. The smallest absolute Gasteiger partial charge is 0.000784 e. The van der Waals surface area contributed by atoms with Crippen molar-refractivity contribution in [2.45, 2.75) is 53.4 Å². The average molecular weight is 226 g/mol. The molecule has 0 saturated heterocycles. The van der Waals surface area contributed by atoms with Crippen molar-refractivity contribution in [2.24, 2.45) is 22.5 Å². The van der Waals surface area contributed by atoms with Crippen LogP contribution < -0.4 is 11.1 Å². The number of nitrogens with one attached hydrogen (secondary N) is 1. The maximum Gasteiger partial charge on any atom is 0.000784 e. The monoisotopic (exact) mass is 226 g/mol. The topological polar surface area (TPSA) is 38.0 Å². The van der Waals surface area contributed by atoms with Gasteiger partial charge in [-0.2, -0.15) is 0 Å². The second kappa shape index (κ2) is 5.50. The van der Waals surface area contributed by atoms with Crippen LogP contribution in [0.15, 0.2) is 0 Å². The molecule has 0 aromatic carbocycles. The summed E-state index contributed by atoms with van der Waals surface area (Å²) in [5, 5.41) is 3.63. The van der Waals surface area contributed by atoms with Crippen molar-refractivity contribution in [3.8, 4) is 0 Å². The van der Waals surface area contributed by atoms with Crippen LogP contribution in [-0.4, -0.2) is 19.6 Å². The molecule has 0 spiro atoms. The number of rotatable bonds is 7. The molecular weight excluding hydrogens is 196 g/mol. The van der Waals surface area contributed by atoms with Crippen LogP contribution in [0.25, 0.3) is 0 Å². The standard InChI is InChI=1S/C14H30N2/c1-5-14(6-7-14)11-16-10-12(9-15)8-13(2,3)4/h12,16H,5-11,15H2,1-4H3. The van der Waals surface area contributed by atoms with Crippen molar-refractivity contribution in [1.29, 1.82) is 0 Å². The van der Waals surface area contributed by atoms with E-state index in [9.17, 15) is 0 Å². The third-order valence-electron chi connectivity index (χ3n) is 3.87.